The third kappa shape index (κ3) is 7.18. The molecule has 236 valence electrons. The Kier molecular flexibility index (Phi) is 9.59. The minimum absolute atomic E-state index is 0.123. The first-order chi connectivity index (χ1) is 20.8. The molecule has 3 aromatic rings. The number of amides is 3. The van der Waals surface area contributed by atoms with E-state index in [0.717, 1.165) is 4.68 Å². The standard InChI is InChI=1S/C28H31F3N6O7/c1-14-23(24(28(29,30)31)36-37(14)2)27(42)44-13-20(38)18(10-15-6-5-9-32-25(15)40)35-22(39)12-33-26(41)19-11-16-17(34-19)7-4-8-21(16)43-3/h4,7-8,11,15,18,34H,5-6,9-10,12-13H2,1-3H3,(H,32,40)(H,33,41)(H,35,39). The number of ketones is 1. The Bertz CT molecular complexity index is 1600. The SMILES string of the molecule is COc1cccc2[nH]c(C(=O)NCC(=O)NC(CC3CCCNC3=O)C(=O)COC(=O)c3c(C(F)(F)F)nn(C)c3C)cc12. The van der Waals surface area contributed by atoms with E-state index in [-0.39, 0.29) is 23.7 Å². The number of hydrogen-bond acceptors (Lipinski definition) is 8. The number of halogens is 3. The molecule has 0 spiro atoms. The zero-order valence-corrected chi connectivity index (χ0v) is 24.1. The number of Topliss-reactive ketones (excluding diaryl/α,β-unsaturated/α-hetero) is 1. The van der Waals surface area contributed by atoms with Crippen molar-refractivity contribution in [2.24, 2.45) is 13.0 Å². The Morgan fingerprint density at radius 3 is 2.66 bits per heavy atom. The highest BCUT2D eigenvalue weighted by molar-refractivity contribution is 6.01. The van der Waals surface area contributed by atoms with Crippen LogP contribution in [-0.4, -0.2) is 77.1 Å². The number of hydrogen-bond donors (Lipinski definition) is 4. The number of aryl methyl sites for hydroxylation is 1. The number of carbonyl (C=O) groups excluding carboxylic acids is 5. The van der Waals surface area contributed by atoms with Crippen LogP contribution < -0.4 is 20.7 Å². The molecule has 2 unspecified atom stereocenters. The lowest BCUT2D eigenvalue weighted by atomic mass is 9.90. The summed E-state index contributed by atoms with van der Waals surface area (Å²) >= 11 is 0. The molecule has 0 saturated carbocycles. The fourth-order valence-corrected chi connectivity index (χ4v) is 4.91. The van der Waals surface area contributed by atoms with E-state index in [1.54, 1.807) is 24.3 Å². The Hall–Kier alpha value is -4.89. The lowest BCUT2D eigenvalue weighted by molar-refractivity contribution is -0.142. The summed E-state index contributed by atoms with van der Waals surface area (Å²) < 4.78 is 51.3. The number of aromatic nitrogens is 3. The highest BCUT2D eigenvalue weighted by atomic mass is 19.4. The van der Waals surface area contributed by atoms with E-state index in [1.807, 2.05) is 0 Å². The topological polar surface area (TPSA) is 174 Å². The summed E-state index contributed by atoms with van der Waals surface area (Å²) in [4.78, 5) is 66.5. The molecule has 16 heteroatoms. The van der Waals surface area contributed by atoms with E-state index in [2.05, 4.69) is 26.0 Å². The molecule has 4 rings (SSSR count). The number of nitrogens with zero attached hydrogens (tertiary/aromatic N) is 2. The fraction of sp³-hybridized carbons (Fsp3) is 0.429. The molecule has 3 heterocycles. The van der Waals surface area contributed by atoms with Crippen LogP contribution in [0.5, 0.6) is 5.75 Å². The van der Waals surface area contributed by atoms with Crippen molar-refractivity contribution < 1.29 is 46.6 Å². The number of benzene rings is 1. The lowest BCUT2D eigenvalue weighted by Gasteiger charge is -2.26. The van der Waals surface area contributed by atoms with E-state index in [1.165, 1.54) is 21.1 Å². The smallest absolute Gasteiger partial charge is 0.436 e. The van der Waals surface area contributed by atoms with Gasteiger partial charge in [0.1, 0.15) is 17.0 Å². The normalized spacial score (nSPS) is 15.8. The number of ether oxygens (including phenoxy) is 2. The highest BCUT2D eigenvalue weighted by Gasteiger charge is 2.41. The number of fused-ring (bicyclic) bond motifs is 1. The van der Waals surface area contributed by atoms with Crippen molar-refractivity contribution in [1.29, 1.82) is 0 Å². The largest absolute Gasteiger partial charge is 0.496 e. The first-order valence-electron chi connectivity index (χ1n) is 13.6. The second kappa shape index (κ2) is 13.2. The molecule has 1 aromatic carbocycles. The molecule has 4 N–H and O–H groups in total. The summed E-state index contributed by atoms with van der Waals surface area (Å²) in [6, 6.07) is 5.42. The number of methoxy groups -OCH3 is 1. The predicted molar refractivity (Wildman–Crippen MR) is 148 cm³/mol. The first kappa shape index (κ1) is 32.0. The van der Waals surface area contributed by atoms with Crippen LogP contribution in [0.3, 0.4) is 0 Å². The highest BCUT2D eigenvalue weighted by Crippen LogP contribution is 2.32. The van der Waals surface area contributed by atoms with Crippen molar-refractivity contribution in [2.45, 2.75) is 38.4 Å². The molecule has 13 nitrogen and oxygen atoms in total. The molecule has 1 aliphatic rings. The molecule has 1 fully saturated rings. The van der Waals surface area contributed by atoms with E-state index in [0.29, 0.717) is 36.0 Å². The van der Waals surface area contributed by atoms with Gasteiger partial charge in [-0.2, -0.15) is 18.3 Å². The Labute approximate surface area is 248 Å². The zero-order valence-electron chi connectivity index (χ0n) is 24.1. The molecular formula is C28H31F3N6O7. The van der Waals surface area contributed by atoms with Crippen LogP contribution >= 0.6 is 0 Å². The number of piperidine rings is 1. The summed E-state index contributed by atoms with van der Waals surface area (Å²) in [5.74, 6) is -4.11. The minimum Gasteiger partial charge on any atom is -0.496 e. The summed E-state index contributed by atoms with van der Waals surface area (Å²) in [6.45, 7) is 0.171. The van der Waals surface area contributed by atoms with Gasteiger partial charge in [0.15, 0.2) is 18.1 Å². The van der Waals surface area contributed by atoms with Gasteiger partial charge in [0.2, 0.25) is 11.8 Å². The Balaban J connectivity index is 1.42. The third-order valence-electron chi connectivity index (χ3n) is 7.29. The van der Waals surface area contributed by atoms with Gasteiger partial charge in [0, 0.05) is 30.4 Å². The van der Waals surface area contributed by atoms with Crippen LogP contribution in [0.25, 0.3) is 10.9 Å². The van der Waals surface area contributed by atoms with E-state index in [4.69, 9.17) is 9.47 Å². The van der Waals surface area contributed by atoms with Crippen molar-refractivity contribution in [3.63, 3.8) is 0 Å². The summed E-state index contributed by atoms with van der Waals surface area (Å²) in [6.07, 6.45) is -4.04. The van der Waals surface area contributed by atoms with Crippen molar-refractivity contribution in [2.75, 3.05) is 26.8 Å². The van der Waals surface area contributed by atoms with Gasteiger partial charge in [-0.05, 0) is 44.4 Å². The third-order valence-corrected chi connectivity index (χ3v) is 7.29. The van der Waals surface area contributed by atoms with Gasteiger partial charge in [-0.1, -0.05) is 6.07 Å². The summed E-state index contributed by atoms with van der Waals surface area (Å²) in [5.41, 5.74) is -1.63. The van der Waals surface area contributed by atoms with Crippen LogP contribution in [0.4, 0.5) is 13.2 Å². The maximum Gasteiger partial charge on any atom is 0.436 e. The number of aromatic amines is 1. The Morgan fingerprint density at radius 1 is 1.23 bits per heavy atom. The van der Waals surface area contributed by atoms with Crippen LogP contribution in [-0.2, 0) is 32.3 Å². The fourth-order valence-electron chi connectivity index (χ4n) is 4.91. The summed E-state index contributed by atoms with van der Waals surface area (Å²) in [7, 11) is 2.71. The first-order valence-corrected chi connectivity index (χ1v) is 13.6. The molecule has 44 heavy (non-hydrogen) atoms. The molecule has 1 aliphatic heterocycles. The predicted octanol–water partition coefficient (Wildman–Crippen LogP) is 1.79. The van der Waals surface area contributed by atoms with E-state index >= 15 is 0 Å². The zero-order chi connectivity index (χ0) is 32.2. The maximum absolute atomic E-state index is 13.4. The minimum atomic E-state index is -4.95. The van der Waals surface area contributed by atoms with Crippen molar-refractivity contribution in [3.8, 4) is 5.75 Å². The number of alkyl halides is 3. The molecule has 0 aliphatic carbocycles. The maximum atomic E-state index is 13.4. The van der Waals surface area contributed by atoms with Gasteiger partial charge in [-0.15, -0.1) is 0 Å². The number of rotatable bonds is 11. The molecular weight excluding hydrogens is 589 g/mol. The van der Waals surface area contributed by atoms with Gasteiger partial charge in [-0.3, -0.25) is 23.9 Å². The van der Waals surface area contributed by atoms with Crippen molar-refractivity contribution in [1.82, 2.24) is 30.7 Å². The van der Waals surface area contributed by atoms with Gasteiger partial charge in [0.05, 0.1) is 25.4 Å². The molecule has 1 saturated heterocycles. The summed E-state index contributed by atoms with van der Waals surface area (Å²) in [5, 5.41) is 11.5. The lowest BCUT2D eigenvalue weighted by Crippen LogP contribution is -2.49. The van der Waals surface area contributed by atoms with Gasteiger partial charge < -0.3 is 30.4 Å². The van der Waals surface area contributed by atoms with Crippen molar-refractivity contribution in [3.05, 3.63) is 46.9 Å². The number of esters is 1. The number of H-pyrrole nitrogens is 1. The van der Waals surface area contributed by atoms with Crippen LogP contribution in [0.1, 0.15) is 51.5 Å². The molecule has 0 bridgehead atoms. The number of carbonyl (C=O) groups is 5. The average Bonchev–Trinajstić information content (AvgIpc) is 3.56. The van der Waals surface area contributed by atoms with Crippen LogP contribution in [0.15, 0.2) is 24.3 Å². The molecule has 2 atom stereocenters. The van der Waals surface area contributed by atoms with Gasteiger partial charge in [-0.25, -0.2) is 4.79 Å². The van der Waals surface area contributed by atoms with Gasteiger partial charge >= 0.3 is 12.1 Å². The van der Waals surface area contributed by atoms with E-state index < -0.39 is 66.1 Å². The Morgan fingerprint density at radius 2 is 1.98 bits per heavy atom. The van der Waals surface area contributed by atoms with Crippen molar-refractivity contribution >= 4 is 40.4 Å². The number of nitrogens with one attached hydrogen (secondary N) is 4. The molecule has 3 amide bonds. The van der Waals surface area contributed by atoms with Crippen LogP contribution in [0, 0.1) is 12.8 Å². The monoisotopic (exact) mass is 620 g/mol. The second-order valence-electron chi connectivity index (χ2n) is 10.2. The average molecular weight is 621 g/mol. The van der Waals surface area contributed by atoms with E-state index in [9.17, 15) is 37.1 Å². The van der Waals surface area contributed by atoms with Gasteiger partial charge in [0.25, 0.3) is 5.91 Å². The molecule has 0 radical (unpaired) electrons. The molecule has 2 aromatic heterocycles. The second-order valence-corrected chi connectivity index (χ2v) is 10.2. The van der Waals surface area contributed by atoms with Crippen LogP contribution in [0.2, 0.25) is 0 Å². The quantitative estimate of drug-likeness (QED) is 0.235.